The molecular formula is C42H36N3O. The van der Waals surface area contributed by atoms with Crippen molar-refractivity contribution in [2.24, 2.45) is 15.9 Å². The highest BCUT2D eigenvalue weighted by Crippen LogP contribution is 2.36. The highest BCUT2D eigenvalue weighted by Gasteiger charge is 2.34. The first-order valence-electron chi connectivity index (χ1n) is 16.9. The van der Waals surface area contributed by atoms with E-state index in [1.165, 1.54) is 57.9 Å². The molecule has 0 spiro atoms. The lowest BCUT2D eigenvalue weighted by molar-refractivity contribution is 0.0945. The van der Waals surface area contributed by atoms with Crippen molar-refractivity contribution in [3.05, 3.63) is 151 Å². The molecule has 225 valence electrons. The smallest absolute Gasteiger partial charge is 0.170 e. The molecule has 0 N–H and O–H groups in total. The number of aliphatic imine (C=N–C) groups is 1. The maximum absolute atomic E-state index is 14.3. The highest BCUT2D eigenvalue weighted by molar-refractivity contribution is 6.30. The van der Waals surface area contributed by atoms with Gasteiger partial charge in [0.1, 0.15) is 0 Å². The number of ketones is 1. The van der Waals surface area contributed by atoms with E-state index in [2.05, 4.69) is 59.5 Å². The lowest BCUT2D eigenvalue weighted by atomic mass is 9.73. The highest BCUT2D eigenvalue weighted by atomic mass is 16.1. The molecule has 4 nitrogen and oxygen atoms in total. The van der Waals surface area contributed by atoms with Crippen LogP contribution in [0.25, 0.3) is 17.2 Å². The second kappa shape index (κ2) is 11.3. The van der Waals surface area contributed by atoms with E-state index in [1.54, 1.807) is 0 Å². The summed E-state index contributed by atoms with van der Waals surface area (Å²) in [4.78, 5) is 27.1. The van der Waals surface area contributed by atoms with Gasteiger partial charge in [-0.15, -0.1) is 0 Å². The van der Waals surface area contributed by atoms with E-state index in [0.29, 0.717) is 12.5 Å². The molecule has 0 bridgehead atoms. The van der Waals surface area contributed by atoms with Gasteiger partial charge in [-0.2, -0.15) is 0 Å². The molecule has 4 aromatic rings. The minimum absolute atomic E-state index is 0.179. The maximum atomic E-state index is 14.3. The summed E-state index contributed by atoms with van der Waals surface area (Å²) in [6, 6.07) is 32.5. The van der Waals surface area contributed by atoms with Crippen LogP contribution in [0.2, 0.25) is 0 Å². The van der Waals surface area contributed by atoms with Crippen LogP contribution in [0.4, 0.5) is 0 Å². The lowest BCUT2D eigenvalue weighted by Crippen LogP contribution is -2.35. The van der Waals surface area contributed by atoms with Crippen molar-refractivity contribution in [1.29, 1.82) is 0 Å². The van der Waals surface area contributed by atoms with Crippen molar-refractivity contribution in [3.8, 4) is 0 Å². The number of carbonyl (C=O) groups is 1. The summed E-state index contributed by atoms with van der Waals surface area (Å²) in [5.74, 6) is 0.258. The second-order valence-electron chi connectivity index (χ2n) is 13.3. The van der Waals surface area contributed by atoms with Gasteiger partial charge >= 0.3 is 0 Å². The van der Waals surface area contributed by atoms with E-state index in [9.17, 15) is 4.79 Å². The Morgan fingerprint density at radius 3 is 2.61 bits per heavy atom. The van der Waals surface area contributed by atoms with Gasteiger partial charge in [-0.05, 0) is 114 Å². The van der Waals surface area contributed by atoms with Crippen LogP contribution < -0.4 is 21.0 Å². The molecule has 9 rings (SSSR count). The van der Waals surface area contributed by atoms with Crippen LogP contribution in [0.15, 0.2) is 107 Å². The van der Waals surface area contributed by atoms with E-state index in [4.69, 9.17) is 9.98 Å². The van der Waals surface area contributed by atoms with Gasteiger partial charge in [0, 0.05) is 22.3 Å². The average molecular weight is 599 g/mol. The predicted octanol–water partition coefficient (Wildman–Crippen LogP) is 4.56. The van der Waals surface area contributed by atoms with Gasteiger partial charge in [-0.3, -0.25) is 9.79 Å². The van der Waals surface area contributed by atoms with Gasteiger partial charge in [-0.25, -0.2) is 4.99 Å². The third-order valence-corrected chi connectivity index (χ3v) is 10.7. The molecule has 46 heavy (non-hydrogen) atoms. The molecule has 2 unspecified atom stereocenters. The molecule has 2 aliphatic carbocycles. The normalized spacial score (nSPS) is 21.1. The number of fused-ring (bicyclic) bond motifs is 6. The quantitative estimate of drug-likeness (QED) is 0.306. The fourth-order valence-electron chi connectivity index (χ4n) is 8.48. The van der Waals surface area contributed by atoms with Gasteiger partial charge in [0.2, 0.25) is 0 Å². The molecule has 3 aliphatic heterocycles. The van der Waals surface area contributed by atoms with Crippen LogP contribution in [0, 0.1) is 22.4 Å². The Labute approximate surface area is 268 Å². The number of benzene rings is 4. The van der Waals surface area contributed by atoms with Crippen LogP contribution in [-0.2, 0) is 6.42 Å². The molecule has 3 heterocycles. The first-order chi connectivity index (χ1) is 22.7. The first kappa shape index (κ1) is 27.6. The summed E-state index contributed by atoms with van der Waals surface area (Å²) in [5, 5.41) is 7.30. The third kappa shape index (κ3) is 4.58. The lowest BCUT2D eigenvalue weighted by Gasteiger charge is -2.30. The Balaban J connectivity index is 1.26. The van der Waals surface area contributed by atoms with Crippen LogP contribution in [0.1, 0.15) is 53.1 Å². The number of hydrogen-bond acceptors (Lipinski definition) is 4. The number of likely N-dealkylation sites (tertiary alicyclic amines) is 1. The van der Waals surface area contributed by atoms with Crippen LogP contribution in [-0.4, -0.2) is 42.6 Å². The molecule has 4 aromatic carbocycles. The molecular weight excluding hydrogens is 562 g/mol. The monoisotopic (exact) mass is 598 g/mol. The molecule has 4 heteroatoms. The van der Waals surface area contributed by atoms with Crippen molar-refractivity contribution in [2.75, 3.05) is 26.2 Å². The van der Waals surface area contributed by atoms with Crippen molar-refractivity contribution in [3.63, 3.8) is 0 Å². The summed E-state index contributed by atoms with van der Waals surface area (Å²) < 4.78 is 0. The Morgan fingerprint density at radius 1 is 0.891 bits per heavy atom. The van der Waals surface area contributed by atoms with Crippen molar-refractivity contribution < 1.29 is 4.79 Å². The van der Waals surface area contributed by atoms with E-state index < -0.39 is 0 Å². The molecule has 0 aromatic heterocycles. The van der Waals surface area contributed by atoms with E-state index in [-0.39, 0.29) is 11.7 Å². The van der Waals surface area contributed by atoms with Gasteiger partial charge in [0.15, 0.2) is 5.78 Å². The number of hydrogen-bond donors (Lipinski definition) is 0. The molecule has 2 atom stereocenters. The molecule has 5 aliphatic rings. The molecule has 0 saturated carbocycles. The second-order valence-corrected chi connectivity index (χ2v) is 13.3. The Kier molecular flexibility index (Phi) is 6.78. The summed E-state index contributed by atoms with van der Waals surface area (Å²) >= 11 is 0. The van der Waals surface area contributed by atoms with Gasteiger partial charge < -0.3 is 4.90 Å². The summed E-state index contributed by atoms with van der Waals surface area (Å²) in [7, 11) is 0. The van der Waals surface area contributed by atoms with Crippen molar-refractivity contribution >= 4 is 28.7 Å². The number of Topliss-reactive ketones (excluding diaryl/α,β-unsaturated/α-hetero) is 1. The standard InChI is InChI=1S/C42H36N3O/c46-42(27-10-2-1-3-11-27)35-19-18-33-34(41(35)39-25-38-36(26-43-39)31-14-6-7-15-37(31)44-38)17-16-32-30-13-5-4-12-28(30)24-29(40(32)33)20-23-45-21-8-9-22-45/h1-5,7,10-17,24-25,29,35H,8-9,18-23,26H2. The molecule has 1 saturated heterocycles. The van der Waals surface area contributed by atoms with Crippen LogP contribution >= 0.6 is 0 Å². The zero-order chi connectivity index (χ0) is 30.6. The number of allylic oxidation sites excluding steroid dienone is 1. The summed E-state index contributed by atoms with van der Waals surface area (Å²) in [5.41, 5.74) is 7.72. The zero-order valence-electron chi connectivity index (χ0n) is 26.0. The number of dihydropyridines is 1. The fourth-order valence-corrected chi connectivity index (χ4v) is 8.48. The van der Waals surface area contributed by atoms with E-state index in [0.717, 1.165) is 64.5 Å². The van der Waals surface area contributed by atoms with E-state index >= 15 is 0 Å². The van der Waals surface area contributed by atoms with Gasteiger partial charge in [0.05, 0.1) is 29.2 Å². The zero-order valence-corrected chi connectivity index (χ0v) is 26.0. The number of nitrogens with zero attached hydrogens (tertiary/aromatic N) is 3. The molecule has 1 fully saturated rings. The van der Waals surface area contributed by atoms with E-state index in [1.807, 2.05) is 48.5 Å². The molecule has 0 amide bonds. The minimum Gasteiger partial charge on any atom is -0.303 e. The van der Waals surface area contributed by atoms with Crippen molar-refractivity contribution in [1.82, 2.24) is 4.90 Å². The largest absolute Gasteiger partial charge is 0.303 e. The van der Waals surface area contributed by atoms with Crippen LogP contribution in [0.5, 0.6) is 0 Å². The van der Waals surface area contributed by atoms with Crippen molar-refractivity contribution in [2.45, 2.75) is 38.0 Å². The first-order valence-corrected chi connectivity index (χ1v) is 16.9. The fraction of sp³-hybridized carbons (Fsp3) is 0.262. The number of carbonyl (C=O) groups excluding carboxylic acids is 1. The summed E-state index contributed by atoms with van der Waals surface area (Å²) in [6.45, 7) is 4.11. The summed E-state index contributed by atoms with van der Waals surface area (Å²) in [6.07, 6.45) is 10.0. The van der Waals surface area contributed by atoms with Gasteiger partial charge in [-0.1, -0.05) is 78.9 Å². The molecule has 1 radical (unpaired) electrons. The topological polar surface area (TPSA) is 45.0 Å². The SMILES string of the molecule is O=C(c1ccccc1)C1CCc2c3c(ccc2=C1C1=NCC2=c4c[c]ccc4=NC2=C1)=c1ccccc1=CC3CCN1CCCC1. The Bertz CT molecular complexity index is 2330. The average Bonchev–Trinajstić information content (AvgIpc) is 3.77. The number of rotatable bonds is 6. The minimum atomic E-state index is -0.259. The maximum Gasteiger partial charge on any atom is 0.170 e. The Hall–Kier alpha value is -4.67. The Morgan fingerprint density at radius 2 is 1.72 bits per heavy atom. The third-order valence-electron chi connectivity index (χ3n) is 10.7. The van der Waals surface area contributed by atoms with Crippen LogP contribution in [0.3, 0.4) is 0 Å². The predicted molar refractivity (Wildman–Crippen MR) is 183 cm³/mol. The van der Waals surface area contributed by atoms with Gasteiger partial charge in [0.25, 0.3) is 0 Å².